The van der Waals surface area contributed by atoms with E-state index >= 15 is 0 Å². The summed E-state index contributed by atoms with van der Waals surface area (Å²) in [7, 11) is 1.36. The number of anilines is 1. The van der Waals surface area contributed by atoms with Crippen LogP contribution in [0.5, 0.6) is 0 Å². The molecule has 5 nitrogen and oxygen atoms in total. The summed E-state index contributed by atoms with van der Waals surface area (Å²) >= 11 is 12.3. The highest BCUT2D eigenvalue weighted by atomic mass is 35.5. The Kier molecular flexibility index (Phi) is 5.08. The first-order chi connectivity index (χ1) is 13.4. The molecule has 1 amide bonds. The van der Waals surface area contributed by atoms with E-state index in [0.717, 1.165) is 29.9 Å². The average Bonchev–Trinajstić information content (AvgIpc) is 2.96. The molecule has 0 aromatic heterocycles. The molecule has 28 heavy (non-hydrogen) atoms. The molecule has 1 fully saturated rings. The smallest absolute Gasteiger partial charge is 0.337 e. The van der Waals surface area contributed by atoms with Crippen molar-refractivity contribution in [2.24, 2.45) is 0 Å². The zero-order valence-electron chi connectivity index (χ0n) is 15.4. The summed E-state index contributed by atoms with van der Waals surface area (Å²) in [6.45, 7) is 2.23. The van der Waals surface area contributed by atoms with Gasteiger partial charge in [0.15, 0.2) is 0 Å². The number of benzene rings is 2. The van der Waals surface area contributed by atoms with Gasteiger partial charge in [0.25, 0.3) is 0 Å². The Morgan fingerprint density at radius 1 is 1.18 bits per heavy atom. The van der Waals surface area contributed by atoms with E-state index < -0.39 is 11.4 Å². The van der Waals surface area contributed by atoms with Crippen LogP contribution in [0.4, 0.5) is 5.69 Å². The van der Waals surface area contributed by atoms with Gasteiger partial charge in [0, 0.05) is 22.3 Å². The van der Waals surface area contributed by atoms with E-state index in [0.29, 0.717) is 35.0 Å². The van der Waals surface area contributed by atoms with Crippen LogP contribution in [0.3, 0.4) is 0 Å². The maximum absolute atomic E-state index is 12.8. The summed E-state index contributed by atoms with van der Waals surface area (Å²) in [5, 5.41) is 4.25. The monoisotopic (exact) mass is 418 g/mol. The van der Waals surface area contributed by atoms with Crippen LogP contribution in [0.1, 0.15) is 34.3 Å². The van der Waals surface area contributed by atoms with Gasteiger partial charge in [-0.1, -0.05) is 29.3 Å². The fourth-order valence-electron chi connectivity index (χ4n) is 4.14. The third kappa shape index (κ3) is 3.28. The summed E-state index contributed by atoms with van der Waals surface area (Å²) in [5.74, 6) is -0.388. The van der Waals surface area contributed by atoms with Gasteiger partial charge in [-0.05, 0) is 67.4 Å². The summed E-state index contributed by atoms with van der Waals surface area (Å²) < 4.78 is 4.83. The molecule has 7 heteroatoms. The Hall–Kier alpha value is -2.08. The molecule has 0 aliphatic carbocycles. The van der Waals surface area contributed by atoms with Crippen molar-refractivity contribution in [2.45, 2.75) is 24.8 Å². The largest absolute Gasteiger partial charge is 0.465 e. The number of hydrogen-bond acceptors (Lipinski definition) is 4. The van der Waals surface area contributed by atoms with Crippen molar-refractivity contribution >= 4 is 40.8 Å². The Morgan fingerprint density at radius 2 is 1.93 bits per heavy atom. The molecule has 0 radical (unpaired) electrons. The highest BCUT2D eigenvalue weighted by Gasteiger charge is 2.48. The maximum Gasteiger partial charge on any atom is 0.337 e. The Morgan fingerprint density at radius 3 is 2.61 bits per heavy atom. The fourth-order valence-corrected chi connectivity index (χ4v) is 4.61. The fraction of sp³-hybridized carbons (Fsp3) is 0.333. The molecule has 2 aromatic rings. The lowest BCUT2D eigenvalue weighted by atomic mass is 9.73. The van der Waals surface area contributed by atoms with E-state index in [4.69, 9.17) is 27.9 Å². The average molecular weight is 419 g/mol. The summed E-state index contributed by atoms with van der Waals surface area (Å²) in [6.07, 6.45) is 1.36. The van der Waals surface area contributed by atoms with Gasteiger partial charge in [0.05, 0.1) is 18.1 Å². The number of nitrogens with one attached hydrogen (secondary N) is 1. The molecule has 0 atom stereocenters. The first-order valence-corrected chi connectivity index (χ1v) is 9.89. The molecule has 2 aromatic carbocycles. The minimum atomic E-state index is -0.598. The van der Waals surface area contributed by atoms with Gasteiger partial charge in [-0.2, -0.15) is 0 Å². The number of amides is 1. The summed E-state index contributed by atoms with van der Waals surface area (Å²) in [4.78, 5) is 27.0. The number of carbonyl (C=O) groups excluding carboxylic acids is 2. The first kappa shape index (κ1) is 19.2. The van der Waals surface area contributed by atoms with Gasteiger partial charge < -0.3 is 10.1 Å². The molecule has 0 bridgehead atoms. The molecule has 1 N–H and O–H groups in total. The van der Waals surface area contributed by atoms with Gasteiger partial charge in [-0.25, -0.2) is 4.79 Å². The molecule has 2 aliphatic rings. The minimum absolute atomic E-state index is 0.00805. The number of piperidine rings is 1. The molecule has 0 unspecified atom stereocenters. The zero-order valence-corrected chi connectivity index (χ0v) is 16.9. The number of esters is 1. The molecule has 0 saturated carbocycles. The summed E-state index contributed by atoms with van der Waals surface area (Å²) in [6, 6.07) is 10.8. The normalized spacial score (nSPS) is 18.0. The number of rotatable bonds is 3. The molecular weight excluding hydrogens is 399 g/mol. The first-order valence-electron chi connectivity index (χ1n) is 9.13. The lowest BCUT2D eigenvalue weighted by Gasteiger charge is -2.38. The van der Waals surface area contributed by atoms with Crippen LogP contribution in [0.25, 0.3) is 0 Å². The second-order valence-corrected chi connectivity index (χ2v) is 8.14. The zero-order chi connectivity index (χ0) is 19.9. The predicted molar refractivity (Wildman–Crippen MR) is 109 cm³/mol. The third-order valence-corrected chi connectivity index (χ3v) is 6.34. The van der Waals surface area contributed by atoms with Crippen LogP contribution in [0, 0.1) is 0 Å². The van der Waals surface area contributed by atoms with E-state index in [1.807, 2.05) is 12.1 Å². The highest BCUT2D eigenvalue weighted by molar-refractivity contribution is 6.35. The maximum atomic E-state index is 12.8. The van der Waals surface area contributed by atoms with Crippen LogP contribution in [0.2, 0.25) is 10.0 Å². The number of ether oxygens (including phenoxy) is 1. The van der Waals surface area contributed by atoms with Crippen LogP contribution in [-0.4, -0.2) is 37.0 Å². The van der Waals surface area contributed by atoms with E-state index in [1.54, 1.807) is 24.3 Å². The number of carbonyl (C=O) groups is 2. The number of nitrogens with zero attached hydrogens (tertiary/aromatic N) is 1. The molecule has 2 heterocycles. The molecule has 2 aliphatic heterocycles. The molecule has 4 rings (SSSR count). The second kappa shape index (κ2) is 7.39. The van der Waals surface area contributed by atoms with Crippen LogP contribution >= 0.6 is 23.2 Å². The van der Waals surface area contributed by atoms with E-state index in [-0.39, 0.29) is 5.91 Å². The molecule has 1 spiro atoms. The topological polar surface area (TPSA) is 58.6 Å². The van der Waals surface area contributed by atoms with Crippen molar-refractivity contribution in [3.05, 3.63) is 63.1 Å². The lowest BCUT2D eigenvalue weighted by molar-refractivity contribution is -0.122. The Labute approximate surface area is 173 Å². The Balaban J connectivity index is 1.54. The van der Waals surface area contributed by atoms with E-state index in [9.17, 15) is 9.59 Å². The number of methoxy groups -OCH3 is 1. The van der Waals surface area contributed by atoms with Crippen LogP contribution < -0.4 is 5.32 Å². The van der Waals surface area contributed by atoms with Crippen molar-refractivity contribution < 1.29 is 14.3 Å². The number of halogens is 2. The van der Waals surface area contributed by atoms with Gasteiger partial charge in [0.2, 0.25) is 5.91 Å². The van der Waals surface area contributed by atoms with Crippen molar-refractivity contribution in [3.8, 4) is 0 Å². The Bertz CT molecular complexity index is 953. The standard InChI is InChI=1S/C21H20Cl2N2O3/c1-28-19(26)13-3-5-18-16(10-13)21(20(27)24-18)6-8-25(9-7-21)12-14-2-4-15(22)11-17(14)23/h2-5,10-11H,6-9,12H2,1H3,(H,24,27). The van der Waals surface area contributed by atoms with E-state index in [1.165, 1.54) is 7.11 Å². The SMILES string of the molecule is COC(=O)c1ccc2c(c1)C1(CCN(Cc3ccc(Cl)cc3Cl)CC1)C(=O)N2. The molecular formula is C21H20Cl2N2O3. The van der Waals surface area contributed by atoms with Crippen molar-refractivity contribution in [2.75, 3.05) is 25.5 Å². The lowest BCUT2D eigenvalue weighted by Crippen LogP contribution is -2.46. The molecule has 146 valence electrons. The van der Waals surface area contributed by atoms with E-state index in [2.05, 4.69) is 10.2 Å². The van der Waals surface area contributed by atoms with Crippen molar-refractivity contribution in [3.63, 3.8) is 0 Å². The third-order valence-electron chi connectivity index (χ3n) is 5.76. The van der Waals surface area contributed by atoms with Gasteiger partial charge >= 0.3 is 5.97 Å². The van der Waals surface area contributed by atoms with Gasteiger partial charge in [-0.3, -0.25) is 9.69 Å². The quantitative estimate of drug-likeness (QED) is 0.756. The second-order valence-electron chi connectivity index (χ2n) is 7.30. The van der Waals surface area contributed by atoms with Crippen molar-refractivity contribution in [1.82, 2.24) is 4.90 Å². The van der Waals surface area contributed by atoms with Crippen LogP contribution in [0.15, 0.2) is 36.4 Å². The minimum Gasteiger partial charge on any atom is -0.465 e. The highest BCUT2D eigenvalue weighted by Crippen LogP contribution is 2.45. The van der Waals surface area contributed by atoms with Gasteiger partial charge in [0.1, 0.15) is 0 Å². The summed E-state index contributed by atoms with van der Waals surface area (Å²) in [5.41, 5.74) is 2.56. The number of hydrogen-bond donors (Lipinski definition) is 1. The van der Waals surface area contributed by atoms with Gasteiger partial charge in [-0.15, -0.1) is 0 Å². The number of fused-ring (bicyclic) bond motifs is 2. The predicted octanol–water partition coefficient (Wildman–Crippen LogP) is 4.27. The van der Waals surface area contributed by atoms with Crippen molar-refractivity contribution in [1.29, 1.82) is 0 Å². The van der Waals surface area contributed by atoms with Crippen LogP contribution in [-0.2, 0) is 21.5 Å². The number of likely N-dealkylation sites (tertiary alicyclic amines) is 1. The molecule has 1 saturated heterocycles.